The number of carbonyl (C=O) groups excluding carboxylic acids is 1. The van der Waals surface area contributed by atoms with Gasteiger partial charge in [-0.3, -0.25) is 0 Å². The van der Waals surface area contributed by atoms with Crippen molar-refractivity contribution in [1.29, 1.82) is 0 Å². The number of nitrogens with one attached hydrogen (secondary N) is 1. The maximum atomic E-state index is 10.3. The van der Waals surface area contributed by atoms with Crippen LogP contribution in [0.5, 0.6) is 0 Å². The van der Waals surface area contributed by atoms with Gasteiger partial charge in [0.25, 0.3) is 0 Å². The molecule has 3 heteroatoms. The highest BCUT2D eigenvalue weighted by Gasteiger charge is 1.97. The number of primary amides is 1. The second kappa shape index (κ2) is 4.55. The van der Waals surface area contributed by atoms with Crippen LogP contribution in [-0.2, 0) is 0 Å². The average Bonchev–Trinajstić information content (AvgIpc) is 1.87. The summed E-state index contributed by atoms with van der Waals surface area (Å²) in [5, 5.41) is 2.38. The van der Waals surface area contributed by atoms with E-state index in [2.05, 4.69) is 11.9 Å². The van der Waals surface area contributed by atoms with E-state index in [9.17, 15) is 4.79 Å². The highest BCUT2D eigenvalue weighted by molar-refractivity contribution is 5.72. The van der Waals surface area contributed by atoms with Gasteiger partial charge in [-0.05, 0) is 11.5 Å². The monoisotopic (exact) mass is 154 g/mol. The zero-order valence-electron chi connectivity index (χ0n) is 6.92. The van der Waals surface area contributed by atoms with Crippen molar-refractivity contribution in [3.63, 3.8) is 0 Å². The van der Waals surface area contributed by atoms with Crippen LogP contribution in [0.15, 0.2) is 24.4 Å². The number of allylic oxidation sites excluding steroid dienone is 2. The van der Waals surface area contributed by atoms with Crippen molar-refractivity contribution >= 4 is 6.03 Å². The molecule has 0 radical (unpaired) electrons. The van der Waals surface area contributed by atoms with E-state index < -0.39 is 6.03 Å². The zero-order chi connectivity index (χ0) is 8.85. The highest BCUT2D eigenvalue weighted by atomic mass is 16.2. The van der Waals surface area contributed by atoms with Gasteiger partial charge in [0.05, 0.1) is 0 Å². The lowest BCUT2D eigenvalue weighted by Gasteiger charge is -2.04. The largest absolute Gasteiger partial charge is 0.351 e. The molecule has 0 aromatic heterocycles. The van der Waals surface area contributed by atoms with Gasteiger partial charge in [0.2, 0.25) is 0 Å². The Kier molecular flexibility index (Phi) is 4.03. The minimum atomic E-state index is -0.551. The van der Waals surface area contributed by atoms with Crippen LogP contribution in [0.3, 0.4) is 0 Å². The third kappa shape index (κ3) is 4.19. The second-order valence-corrected chi connectivity index (χ2v) is 2.51. The predicted molar refractivity (Wildman–Crippen MR) is 45.8 cm³/mol. The molecule has 0 unspecified atom stereocenters. The van der Waals surface area contributed by atoms with Crippen molar-refractivity contribution < 1.29 is 4.79 Å². The average molecular weight is 154 g/mol. The fourth-order valence-electron chi connectivity index (χ4n) is 0.616. The number of rotatable bonds is 3. The molecule has 0 aliphatic rings. The van der Waals surface area contributed by atoms with Gasteiger partial charge in [-0.2, -0.15) is 0 Å². The van der Waals surface area contributed by atoms with Crippen molar-refractivity contribution in [2.24, 2.45) is 11.7 Å². The van der Waals surface area contributed by atoms with E-state index in [-0.39, 0.29) is 0 Å². The van der Waals surface area contributed by atoms with Crippen LogP contribution >= 0.6 is 0 Å². The second-order valence-electron chi connectivity index (χ2n) is 2.51. The van der Waals surface area contributed by atoms with E-state index in [0.29, 0.717) is 5.92 Å². The summed E-state index contributed by atoms with van der Waals surface area (Å²) < 4.78 is 0. The topological polar surface area (TPSA) is 55.1 Å². The quantitative estimate of drug-likeness (QED) is 0.593. The fourth-order valence-corrected chi connectivity index (χ4v) is 0.616. The normalized spacial score (nSPS) is 11.4. The molecular weight excluding hydrogens is 140 g/mol. The van der Waals surface area contributed by atoms with Gasteiger partial charge in [0, 0.05) is 6.20 Å². The van der Waals surface area contributed by atoms with Gasteiger partial charge in [0.15, 0.2) is 0 Å². The first-order valence-electron chi connectivity index (χ1n) is 3.46. The summed E-state index contributed by atoms with van der Waals surface area (Å²) in [6.45, 7) is 7.62. The number of hydrogen-bond acceptors (Lipinski definition) is 1. The Morgan fingerprint density at radius 1 is 1.64 bits per heavy atom. The first-order valence-corrected chi connectivity index (χ1v) is 3.46. The van der Waals surface area contributed by atoms with Crippen molar-refractivity contribution in [3.8, 4) is 0 Å². The third-order valence-corrected chi connectivity index (χ3v) is 1.28. The molecular formula is C8H14N2O. The number of urea groups is 1. The molecule has 0 fully saturated rings. The molecule has 0 rings (SSSR count). The van der Waals surface area contributed by atoms with Gasteiger partial charge >= 0.3 is 6.03 Å². The molecule has 0 spiro atoms. The van der Waals surface area contributed by atoms with E-state index in [4.69, 9.17) is 5.73 Å². The van der Waals surface area contributed by atoms with Crippen molar-refractivity contribution in [2.45, 2.75) is 13.8 Å². The summed E-state index contributed by atoms with van der Waals surface area (Å²) in [5.41, 5.74) is 5.83. The third-order valence-electron chi connectivity index (χ3n) is 1.28. The molecule has 3 N–H and O–H groups in total. The van der Waals surface area contributed by atoms with E-state index in [1.807, 2.05) is 13.8 Å². The van der Waals surface area contributed by atoms with E-state index in [1.54, 1.807) is 12.3 Å². The van der Waals surface area contributed by atoms with Gasteiger partial charge in [-0.15, -0.1) is 0 Å². The Morgan fingerprint density at radius 2 is 2.18 bits per heavy atom. The molecule has 0 aromatic rings. The molecule has 0 saturated carbocycles. The van der Waals surface area contributed by atoms with Crippen LogP contribution in [0.25, 0.3) is 0 Å². The molecule has 3 nitrogen and oxygen atoms in total. The summed E-state index contributed by atoms with van der Waals surface area (Å²) in [5.74, 6) is 0.347. The molecule has 0 saturated heterocycles. The molecule has 0 heterocycles. The standard InChI is InChI=1S/C8H14N2O/c1-4-7(6(2)3)5-10-8(9)11/h4-6H,1H2,2-3H3,(H3,9,10,11)/b7-5+. The van der Waals surface area contributed by atoms with E-state index >= 15 is 0 Å². The number of nitrogens with two attached hydrogens (primary N) is 1. The highest BCUT2D eigenvalue weighted by Crippen LogP contribution is 2.07. The first-order chi connectivity index (χ1) is 5.07. The van der Waals surface area contributed by atoms with Gasteiger partial charge in [-0.1, -0.05) is 26.5 Å². The maximum Gasteiger partial charge on any atom is 0.316 e. The minimum absolute atomic E-state index is 0.347. The number of amides is 2. The lowest BCUT2D eigenvalue weighted by Crippen LogP contribution is -2.24. The SMILES string of the molecule is C=C/C(=C\NC(N)=O)C(C)C. The Bertz CT molecular complexity index is 183. The molecule has 0 atom stereocenters. The van der Waals surface area contributed by atoms with E-state index in [1.165, 1.54) is 0 Å². The predicted octanol–water partition coefficient (Wildman–Crippen LogP) is 1.38. The molecule has 0 aliphatic carbocycles. The molecule has 0 aliphatic heterocycles. The van der Waals surface area contributed by atoms with Crippen LogP contribution in [-0.4, -0.2) is 6.03 Å². The summed E-state index contributed by atoms with van der Waals surface area (Å²) in [4.78, 5) is 10.3. The van der Waals surface area contributed by atoms with Crippen LogP contribution in [0.1, 0.15) is 13.8 Å². The van der Waals surface area contributed by atoms with Crippen molar-refractivity contribution in [2.75, 3.05) is 0 Å². The Hall–Kier alpha value is -1.25. The Labute approximate surface area is 67.0 Å². The summed E-state index contributed by atoms with van der Waals surface area (Å²) in [6.07, 6.45) is 3.26. The Balaban J connectivity index is 4.12. The minimum Gasteiger partial charge on any atom is -0.351 e. The fraction of sp³-hybridized carbons (Fsp3) is 0.375. The zero-order valence-corrected chi connectivity index (χ0v) is 6.92. The molecule has 2 amide bonds. The molecule has 62 valence electrons. The van der Waals surface area contributed by atoms with Gasteiger partial charge in [-0.25, -0.2) is 4.79 Å². The maximum absolute atomic E-state index is 10.3. The van der Waals surface area contributed by atoms with Crippen molar-refractivity contribution in [1.82, 2.24) is 5.32 Å². The van der Waals surface area contributed by atoms with Crippen LogP contribution in [0, 0.1) is 5.92 Å². The molecule has 0 aromatic carbocycles. The molecule has 11 heavy (non-hydrogen) atoms. The van der Waals surface area contributed by atoms with Crippen molar-refractivity contribution in [3.05, 3.63) is 24.4 Å². The summed E-state index contributed by atoms with van der Waals surface area (Å²) in [7, 11) is 0. The van der Waals surface area contributed by atoms with Crippen LogP contribution in [0.4, 0.5) is 4.79 Å². The smallest absolute Gasteiger partial charge is 0.316 e. The van der Waals surface area contributed by atoms with Gasteiger partial charge < -0.3 is 11.1 Å². The van der Waals surface area contributed by atoms with E-state index in [0.717, 1.165) is 5.57 Å². The Morgan fingerprint density at radius 3 is 2.45 bits per heavy atom. The lowest BCUT2D eigenvalue weighted by atomic mass is 10.1. The number of hydrogen-bond donors (Lipinski definition) is 2. The summed E-state index contributed by atoms with van der Waals surface area (Å²) >= 11 is 0. The number of carbonyl (C=O) groups is 1. The van der Waals surface area contributed by atoms with Crippen LogP contribution < -0.4 is 11.1 Å². The summed E-state index contributed by atoms with van der Waals surface area (Å²) in [6, 6.07) is -0.551. The van der Waals surface area contributed by atoms with Gasteiger partial charge in [0.1, 0.15) is 0 Å². The molecule has 0 bridgehead atoms. The lowest BCUT2D eigenvalue weighted by molar-refractivity contribution is 0.252. The first kappa shape index (κ1) is 9.75. The van der Waals surface area contributed by atoms with Crippen LogP contribution in [0.2, 0.25) is 0 Å².